The van der Waals surface area contributed by atoms with Crippen LogP contribution in [-0.2, 0) is 7.05 Å². The van der Waals surface area contributed by atoms with Gasteiger partial charge in [0.05, 0.1) is 6.04 Å². The molecule has 6 heteroatoms. The van der Waals surface area contributed by atoms with E-state index < -0.39 is 0 Å². The lowest BCUT2D eigenvalue weighted by Crippen LogP contribution is -2.34. The van der Waals surface area contributed by atoms with Crippen molar-refractivity contribution in [2.75, 3.05) is 0 Å². The van der Waals surface area contributed by atoms with E-state index in [9.17, 15) is 4.79 Å². The summed E-state index contributed by atoms with van der Waals surface area (Å²) in [6, 6.07) is -0.163. The van der Waals surface area contributed by atoms with Crippen LogP contribution in [0.25, 0.3) is 0 Å². The van der Waals surface area contributed by atoms with Gasteiger partial charge in [0.2, 0.25) is 0 Å². The van der Waals surface area contributed by atoms with Gasteiger partial charge in [0.15, 0.2) is 12.1 Å². The topological polar surface area (TPSA) is 73.0 Å². The Morgan fingerprint density at radius 2 is 2.16 bits per heavy atom. The summed E-state index contributed by atoms with van der Waals surface area (Å²) >= 11 is 0. The maximum atomic E-state index is 12.2. The van der Waals surface area contributed by atoms with Crippen LogP contribution >= 0.6 is 0 Å². The zero-order valence-electron chi connectivity index (χ0n) is 11.5. The van der Waals surface area contributed by atoms with Gasteiger partial charge in [0.1, 0.15) is 11.6 Å². The molecular weight excluding hydrogens is 244 g/mol. The van der Waals surface area contributed by atoms with Gasteiger partial charge in [0, 0.05) is 19.4 Å². The lowest BCUT2D eigenvalue weighted by molar-refractivity contribution is 0.0916. The third-order valence-corrected chi connectivity index (χ3v) is 3.05. The highest BCUT2D eigenvalue weighted by atomic mass is 16.3. The van der Waals surface area contributed by atoms with Gasteiger partial charge in [-0.15, -0.1) is 0 Å². The Bertz CT molecular complexity index is 571. The highest BCUT2D eigenvalue weighted by Crippen LogP contribution is 2.20. The molecule has 0 aromatic carbocycles. The molecule has 1 atom stereocenters. The molecule has 1 N–H and O–H groups in total. The standard InChI is InChI=1S/C13H18N4O2/c1-8(2)10(12-14-5-6-17(12)4)16-13(18)11-9(3)19-7-15-11/h5-8,10H,1-4H3,(H,16,18). The first-order valence-electron chi connectivity index (χ1n) is 6.19. The molecule has 0 radical (unpaired) electrons. The molecule has 0 saturated carbocycles. The number of carbonyl (C=O) groups is 1. The first kappa shape index (κ1) is 13.3. The van der Waals surface area contributed by atoms with Crippen LogP contribution in [0.15, 0.2) is 23.2 Å². The Morgan fingerprint density at radius 1 is 1.42 bits per heavy atom. The fourth-order valence-corrected chi connectivity index (χ4v) is 1.94. The normalized spacial score (nSPS) is 12.7. The second-order valence-corrected chi connectivity index (χ2v) is 4.85. The van der Waals surface area contributed by atoms with Crippen LogP contribution in [0.5, 0.6) is 0 Å². The third kappa shape index (κ3) is 2.67. The molecule has 0 saturated heterocycles. The maximum absolute atomic E-state index is 12.2. The first-order valence-corrected chi connectivity index (χ1v) is 6.19. The van der Waals surface area contributed by atoms with E-state index >= 15 is 0 Å². The average molecular weight is 262 g/mol. The molecule has 0 aliphatic rings. The fourth-order valence-electron chi connectivity index (χ4n) is 1.94. The van der Waals surface area contributed by atoms with Crippen molar-refractivity contribution >= 4 is 5.91 Å². The molecule has 6 nitrogen and oxygen atoms in total. The summed E-state index contributed by atoms with van der Waals surface area (Å²) < 4.78 is 6.95. The Kier molecular flexibility index (Phi) is 3.69. The number of imidazole rings is 1. The Morgan fingerprint density at radius 3 is 2.63 bits per heavy atom. The smallest absolute Gasteiger partial charge is 0.274 e. The van der Waals surface area contributed by atoms with Crippen molar-refractivity contribution in [1.82, 2.24) is 19.9 Å². The maximum Gasteiger partial charge on any atom is 0.274 e. The minimum atomic E-state index is -0.243. The number of hydrogen-bond donors (Lipinski definition) is 1. The van der Waals surface area contributed by atoms with Gasteiger partial charge in [-0.1, -0.05) is 13.8 Å². The second kappa shape index (κ2) is 5.26. The summed E-state index contributed by atoms with van der Waals surface area (Å²) in [7, 11) is 1.91. The van der Waals surface area contributed by atoms with Crippen molar-refractivity contribution in [2.45, 2.75) is 26.8 Å². The molecule has 0 fully saturated rings. The largest absolute Gasteiger partial charge is 0.448 e. The van der Waals surface area contributed by atoms with Crippen LogP contribution in [0.4, 0.5) is 0 Å². The van der Waals surface area contributed by atoms with E-state index in [-0.39, 0.29) is 17.9 Å². The van der Waals surface area contributed by atoms with E-state index in [4.69, 9.17) is 4.42 Å². The van der Waals surface area contributed by atoms with E-state index in [0.717, 1.165) is 5.82 Å². The number of aromatic nitrogens is 3. The highest BCUT2D eigenvalue weighted by Gasteiger charge is 2.24. The lowest BCUT2D eigenvalue weighted by atomic mass is 10.0. The summed E-state index contributed by atoms with van der Waals surface area (Å²) in [6.45, 7) is 5.79. The summed E-state index contributed by atoms with van der Waals surface area (Å²) in [5.74, 6) is 1.31. The number of rotatable bonds is 4. The SMILES string of the molecule is Cc1ocnc1C(=O)NC(c1nccn1C)C(C)C. The van der Waals surface area contributed by atoms with Gasteiger partial charge < -0.3 is 14.3 Å². The minimum Gasteiger partial charge on any atom is -0.448 e. The number of carbonyl (C=O) groups excluding carboxylic acids is 1. The van der Waals surface area contributed by atoms with E-state index in [0.29, 0.717) is 11.5 Å². The predicted molar refractivity (Wildman–Crippen MR) is 69.5 cm³/mol. The molecule has 2 aromatic heterocycles. The molecule has 0 aliphatic heterocycles. The Labute approximate surface area is 111 Å². The summed E-state index contributed by atoms with van der Waals surface area (Å²) in [5.41, 5.74) is 0.319. The van der Waals surface area contributed by atoms with Crippen LogP contribution in [0.3, 0.4) is 0 Å². The number of oxazole rings is 1. The average Bonchev–Trinajstić information content (AvgIpc) is 2.94. The molecule has 2 rings (SSSR count). The third-order valence-electron chi connectivity index (χ3n) is 3.05. The van der Waals surface area contributed by atoms with Crippen molar-refractivity contribution in [3.8, 4) is 0 Å². The second-order valence-electron chi connectivity index (χ2n) is 4.85. The summed E-state index contributed by atoms with van der Waals surface area (Å²) in [4.78, 5) is 20.4. The Balaban J connectivity index is 2.21. The van der Waals surface area contributed by atoms with Crippen molar-refractivity contribution in [1.29, 1.82) is 0 Å². The molecule has 1 unspecified atom stereocenters. The van der Waals surface area contributed by atoms with Gasteiger partial charge in [-0.3, -0.25) is 4.79 Å². The fraction of sp³-hybridized carbons (Fsp3) is 0.462. The molecular formula is C13H18N4O2. The molecule has 0 spiro atoms. The lowest BCUT2D eigenvalue weighted by Gasteiger charge is -2.21. The number of amides is 1. The molecule has 1 amide bonds. The zero-order valence-corrected chi connectivity index (χ0v) is 11.5. The Hall–Kier alpha value is -2.11. The monoisotopic (exact) mass is 262 g/mol. The van der Waals surface area contributed by atoms with Crippen molar-refractivity contribution < 1.29 is 9.21 Å². The van der Waals surface area contributed by atoms with E-state index in [1.807, 2.05) is 31.7 Å². The molecule has 0 aliphatic carbocycles. The number of aryl methyl sites for hydroxylation is 2. The van der Waals surface area contributed by atoms with Gasteiger partial charge in [0.25, 0.3) is 5.91 Å². The molecule has 2 aromatic rings. The summed E-state index contributed by atoms with van der Waals surface area (Å²) in [6.07, 6.45) is 4.85. The molecule has 2 heterocycles. The van der Waals surface area contributed by atoms with E-state index in [1.54, 1.807) is 13.1 Å². The number of hydrogen-bond acceptors (Lipinski definition) is 4. The quantitative estimate of drug-likeness (QED) is 0.912. The van der Waals surface area contributed by atoms with Crippen LogP contribution < -0.4 is 5.32 Å². The summed E-state index contributed by atoms with van der Waals surface area (Å²) in [5, 5.41) is 2.96. The van der Waals surface area contributed by atoms with E-state index in [2.05, 4.69) is 15.3 Å². The van der Waals surface area contributed by atoms with Crippen molar-refractivity contribution in [2.24, 2.45) is 13.0 Å². The van der Waals surface area contributed by atoms with Gasteiger partial charge in [-0.2, -0.15) is 0 Å². The first-order chi connectivity index (χ1) is 9.00. The van der Waals surface area contributed by atoms with Crippen LogP contribution in [0.2, 0.25) is 0 Å². The van der Waals surface area contributed by atoms with Gasteiger partial charge >= 0.3 is 0 Å². The van der Waals surface area contributed by atoms with Crippen molar-refractivity contribution in [3.05, 3.63) is 36.1 Å². The van der Waals surface area contributed by atoms with Crippen LogP contribution in [0, 0.1) is 12.8 Å². The molecule has 0 bridgehead atoms. The molecule has 19 heavy (non-hydrogen) atoms. The molecule has 102 valence electrons. The number of nitrogens with zero attached hydrogens (tertiary/aromatic N) is 3. The van der Waals surface area contributed by atoms with Gasteiger partial charge in [-0.25, -0.2) is 9.97 Å². The number of nitrogens with one attached hydrogen (secondary N) is 1. The highest BCUT2D eigenvalue weighted by molar-refractivity contribution is 5.93. The predicted octanol–water partition coefficient (Wildman–Crippen LogP) is 1.84. The zero-order chi connectivity index (χ0) is 14.0. The van der Waals surface area contributed by atoms with Gasteiger partial charge in [-0.05, 0) is 12.8 Å². The van der Waals surface area contributed by atoms with Crippen LogP contribution in [0.1, 0.15) is 42.0 Å². The van der Waals surface area contributed by atoms with Crippen LogP contribution in [-0.4, -0.2) is 20.4 Å². The van der Waals surface area contributed by atoms with E-state index in [1.165, 1.54) is 6.39 Å². The van der Waals surface area contributed by atoms with Crippen molar-refractivity contribution in [3.63, 3.8) is 0 Å². The minimum absolute atomic E-state index is 0.163.